The first-order valence-electron chi connectivity index (χ1n) is 9.45. The number of nitro groups is 1. The molecule has 1 aliphatic carbocycles. The standard InChI is InChI=1S/C21H18N4O7/c1-12-16(18(27)32-2)20(25(30)31)17(26)14-10-6-7-11-15(14)21(20,29)24(12)23-19(28)22-13-8-4-3-5-9-13/h3-11,29H,1-2H3,(H2,22,23,28). The molecule has 3 N–H and O–H groups in total. The molecule has 2 unspecified atom stereocenters. The molecule has 164 valence electrons. The quantitative estimate of drug-likeness (QED) is 0.369. The number of hydrazine groups is 1. The fraction of sp³-hybridized carbons (Fsp3) is 0.190. The summed E-state index contributed by atoms with van der Waals surface area (Å²) in [5.41, 5.74) is -4.04. The van der Waals surface area contributed by atoms with Gasteiger partial charge in [0.2, 0.25) is 0 Å². The van der Waals surface area contributed by atoms with Gasteiger partial charge in [0.1, 0.15) is 5.57 Å². The van der Waals surface area contributed by atoms with Gasteiger partial charge in [0.15, 0.2) is 0 Å². The first-order valence-corrected chi connectivity index (χ1v) is 9.45. The molecular weight excluding hydrogens is 420 g/mol. The number of nitrogens with one attached hydrogen (secondary N) is 2. The highest BCUT2D eigenvalue weighted by Gasteiger charge is 2.83. The summed E-state index contributed by atoms with van der Waals surface area (Å²) in [6.45, 7) is 1.27. The van der Waals surface area contributed by atoms with Crippen molar-refractivity contribution in [3.8, 4) is 0 Å². The van der Waals surface area contributed by atoms with Crippen LogP contribution in [0.5, 0.6) is 0 Å². The highest BCUT2D eigenvalue weighted by molar-refractivity contribution is 6.16. The van der Waals surface area contributed by atoms with E-state index in [0.29, 0.717) is 5.69 Å². The highest BCUT2D eigenvalue weighted by atomic mass is 16.6. The summed E-state index contributed by atoms with van der Waals surface area (Å²) in [6, 6.07) is 13.1. The largest absolute Gasteiger partial charge is 0.465 e. The average molecular weight is 438 g/mol. The molecule has 2 amide bonds. The summed E-state index contributed by atoms with van der Waals surface area (Å²) >= 11 is 0. The van der Waals surface area contributed by atoms with Crippen LogP contribution in [0.1, 0.15) is 22.8 Å². The van der Waals surface area contributed by atoms with Crippen LogP contribution in [-0.2, 0) is 15.3 Å². The van der Waals surface area contributed by atoms with Crippen LogP contribution in [0.15, 0.2) is 65.9 Å². The van der Waals surface area contributed by atoms with Crippen molar-refractivity contribution in [2.24, 2.45) is 0 Å². The minimum absolute atomic E-state index is 0.125. The third kappa shape index (κ3) is 2.48. The third-order valence-electron chi connectivity index (χ3n) is 5.67. The lowest BCUT2D eigenvalue weighted by Crippen LogP contribution is -2.65. The van der Waals surface area contributed by atoms with E-state index in [-0.39, 0.29) is 16.8 Å². The molecule has 0 saturated heterocycles. The first kappa shape index (κ1) is 21.0. The van der Waals surface area contributed by atoms with E-state index in [1.54, 1.807) is 30.3 Å². The lowest BCUT2D eigenvalue weighted by Gasteiger charge is -2.37. The summed E-state index contributed by atoms with van der Waals surface area (Å²) in [7, 11) is 1.00. The number of benzene rings is 2. The molecule has 4 rings (SSSR count). The van der Waals surface area contributed by atoms with E-state index < -0.39 is 39.5 Å². The van der Waals surface area contributed by atoms with E-state index in [2.05, 4.69) is 10.7 Å². The Kier molecular flexibility index (Phi) is 4.70. The second kappa shape index (κ2) is 7.17. The molecule has 1 heterocycles. The number of carbonyl (C=O) groups excluding carboxylic acids is 3. The zero-order valence-corrected chi connectivity index (χ0v) is 17.0. The van der Waals surface area contributed by atoms with Gasteiger partial charge in [0.25, 0.3) is 11.5 Å². The fourth-order valence-corrected chi connectivity index (χ4v) is 4.37. The molecule has 32 heavy (non-hydrogen) atoms. The summed E-state index contributed by atoms with van der Waals surface area (Å²) in [5, 5.41) is 27.5. The smallest absolute Gasteiger partial charge is 0.369 e. The summed E-state index contributed by atoms with van der Waals surface area (Å²) in [5.74, 6) is -2.26. The Balaban J connectivity index is 1.89. The summed E-state index contributed by atoms with van der Waals surface area (Å²) < 4.78 is 4.71. The molecule has 11 nitrogen and oxygen atoms in total. The number of aliphatic hydroxyl groups is 1. The van der Waals surface area contributed by atoms with Crippen LogP contribution in [0, 0.1) is 10.1 Å². The van der Waals surface area contributed by atoms with Crippen LogP contribution in [0.4, 0.5) is 10.5 Å². The molecule has 0 saturated carbocycles. The number of Topliss-reactive ketones (excluding diaryl/α,β-unsaturated/α-hetero) is 1. The predicted octanol–water partition coefficient (Wildman–Crippen LogP) is 1.54. The number of methoxy groups -OCH3 is 1. The molecule has 0 radical (unpaired) electrons. The van der Waals surface area contributed by atoms with Gasteiger partial charge >= 0.3 is 17.5 Å². The number of esters is 1. The highest BCUT2D eigenvalue weighted by Crippen LogP contribution is 2.57. The molecule has 2 aliphatic rings. The van der Waals surface area contributed by atoms with Gasteiger partial charge in [0.05, 0.1) is 12.8 Å². The Morgan fingerprint density at radius 1 is 1.12 bits per heavy atom. The van der Waals surface area contributed by atoms with Crippen LogP contribution in [0.3, 0.4) is 0 Å². The van der Waals surface area contributed by atoms with Gasteiger partial charge in [0, 0.05) is 21.7 Å². The third-order valence-corrected chi connectivity index (χ3v) is 5.67. The van der Waals surface area contributed by atoms with Gasteiger partial charge in [-0.1, -0.05) is 42.5 Å². The number of rotatable bonds is 4. The van der Waals surface area contributed by atoms with Crippen LogP contribution in [0.25, 0.3) is 0 Å². The molecule has 2 atom stereocenters. The van der Waals surface area contributed by atoms with Crippen LogP contribution < -0.4 is 10.7 Å². The number of anilines is 1. The zero-order valence-electron chi connectivity index (χ0n) is 17.0. The van der Waals surface area contributed by atoms with Gasteiger partial charge in [-0.25, -0.2) is 20.0 Å². The number of para-hydroxylation sites is 1. The maximum Gasteiger partial charge on any atom is 0.369 e. The van der Waals surface area contributed by atoms with Crippen molar-refractivity contribution in [2.45, 2.75) is 18.2 Å². The number of nitrogens with zero attached hydrogens (tertiary/aromatic N) is 2. The maximum atomic E-state index is 13.3. The molecule has 0 fully saturated rings. The van der Waals surface area contributed by atoms with Crippen LogP contribution in [-0.4, -0.2) is 45.5 Å². The molecule has 0 spiro atoms. The second-order valence-electron chi connectivity index (χ2n) is 7.23. The van der Waals surface area contributed by atoms with Gasteiger partial charge in [-0.05, 0) is 19.1 Å². The first-order chi connectivity index (χ1) is 15.2. The lowest BCUT2D eigenvalue weighted by molar-refractivity contribution is -0.568. The monoisotopic (exact) mass is 438 g/mol. The fourth-order valence-electron chi connectivity index (χ4n) is 4.37. The minimum atomic E-state index is -2.94. The molecular formula is C21H18N4O7. The van der Waals surface area contributed by atoms with Gasteiger partial charge in [-0.15, -0.1) is 0 Å². The van der Waals surface area contributed by atoms with E-state index in [9.17, 15) is 29.6 Å². The minimum Gasteiger partial charge on any atom is -0.465 e. The van der Waals surface area contributed by atoms with Gasteiger partial charge in [-0.2, -0.15) is 0 Å². The molecule has 2 aromatic rings. The van der Waals surface area contributed by atoms with Gasteiger partial charge < -0.3 is 15.2 Å². The predicted molar refractivity (Wildman–Crippen MR) is 110 cm³/mol. The molecule has 2 aromatic carbocycles. The van der Waals surface area contributed by atoms with Crippen LogP contribution >= 0.6 is 0 Å². The van der Waals surface area contributed by atoms with E-state index in [4.69, 9.17) is 4.74 Å². The Labute approximate surface area is 181 Å². The number of allylic oxidation sites excluding steroid dienone is 1. The molecule has 0 bridgehead atoms. The molecule has 0 aromatic heterocycles. The number of fused-ring (bicyclic) bond motifs is 3. The number of urea groups is 1. The van der Waals surface area contributed by atoms with E-state index in [0.717, 1.165) is 12.1 Å². The molecule has 1 aliphatic heterocycles. The van der Waals surface area contributed by atoms with Crippen molar-refractivity contribution in [3.63, 3.8) is 0 Å². The van der Waals surface area contributed by atoms with Crippen molar-refractivity contribution < 1.29 is 29.2 Å². The van der Waals surface area contributed by atoms with Crippen molar-refractivity contribution in [2.75, 3.05) is 12.4 Å². The van der Waals surface area contributed by atoms with Crippen molar-refractivity contribution in [3.05, 3.63) is 87.1 Å². The number of hydrogen-bond donors (Lipinski definition) is 3. The number of hydrogen-bond acceptors (Lipinski definition) is 8. The van der Waals surface area contributed by atoms with E-state index in [1.165, 1.54) is 31.2 Å². The molecule has 11 heteroatoms. The Morgan fingerprint density at radius 2 is 1.75 bits per heavy atom. The van der Waals surface area contributed by atoms with E-state index >= 15 is 0 Å². The SMILES string of the molecule is COC(=O)C1=C(C)N(NC(=O)Nc2ccccc2)C2(O)c3ccccc3C(=O)C12[N+](=O)[O-]. The normalized spacial score (nSPS) is 23.5. The van der Waals surface area contributed by atoms with Crippen LogP contribution in [0.2, 0.25) is 0 Å². The maximum absolute atomic E-state index is 13.3. The Morgan fingerprint density at radius 3 is 2.38 bits per heavy atom. The number of ether oxygens (including phenoxy) is 1. The average Bonchev–Trinajstić information content (AvgIpc) is 3.11. The Hall–Kier alpha value is -4.25. The topological polar surface area (TPSA) is 151 Å². The number of carbonyl (C=O) groups is 3. The summed E-state index contributed by atoms with van der Waals surface area (Å²) in [4.78, 5) is 50.1. The Bertz CT molecular complexity index is 1200. The number of amides is 2. The van der Waals surface area contributed by atoms with Gasteiger partial charge in [-0.3, -0.25) is 14.9 Å². The second-order valence-corrected chi connectivity index (χ2v) is 7.23. The number of ketones is 1. The van der Waals surface area contributed by atoms with E-state index in [1.807, 2.05) is 0 Å². The van der Waals surface area contributed by atoms with Crippen molar-refractivity contribution >= 4 is 23.5 Å². The summed E-state index contributed by atoms with van der Waals surface area (Å²) in [6.07, 6.45) is 0. The van der Waals surface area contributed by atoms with Crippen molar-refractivity contribution in [1.82, 2.24) is 10.4 Å². The van der Waals surface area contributed by atoms with Crippen molar-refractivity contribution in [1.29, 1.82) is 0 Å². The zero-order chi connectivity index (χ0) is 23.3. The lowest BCUT2D eigenvalue weighted by atomic mass is 9.82.